The maximum Gasteiger partial charge on any atom is 0.0587 e. The first kappa shape index (κ1) is 15.4. The Labute approximate surface area is 115 Å². The van der Waals surface area contributed by atoms with Crippen molar-refractivity contribution in [2.45, 2.75) is 19.9 Å². The molecule has 0 aromatic heterocycles. The van der Waals surface area contributed by atoms with Gasteiger partial charge in [0.05, 0.1) is 6.61 Å². The number of ether oxygens (including phenoxy) is 1. The van der Waals surface area contributed by atoms with Gasteiger partial charge in [0.25, 0.3) is 0 Å². The van der Waals surface area contributed by atoms with Crippen LogP contribution in [0, 0.1) is 6.92 Å². The zero-order chi connectivity index (χ0) is 13.2. The smallest absolute Gasteiger partial charge is 0.0587 e. The predicted octanol–water partition coefficient (Wildman–Crippen LogP) is 2.36. The summed E-state index contributed by atoms with van der Waals surface area (Å²) in [5.41, 5.74) is 2.31. The predicted molar refractivity (Wildman–Crippen MR) is 77.3 cm³/mol. The van der Waals surface area contributed by atoms with Gasteiger partial charge >= 0.3 is 0 Å². The molecule has 18 heavy (non-hydrogen) atoms. The topological polar surface area (TPSA) is 33.3 Å². The van der Waals surface area contributed by atoms with Crippen LogP contribution in [0.5, 0.6) is 0 Å². The Bertz CT molecular complexity index is 345. The van der Waals surface area contributed by atoms with E-state index < -0.39 is 0 Å². The first-order valence-electron chi connectivity index (χ1n) is 6.40. The van der Waals surface area contributed by atoms with E-state index in [9.17, 15) is 0 Å². The molecule has 0 aliphatic heterocycles. The van der Waals surface area contributed by atoms with E-state index in [4.69, 9.17) is 16.3 Å². The third kappa shape index (κ3) is 5.83. The molecular weight excluding hydrogens is 248 g/mol. The van der Waals surface area contributed by atoms with Crippen LogP contribution < -0.4 is 10.6 Å². The minimum atomic E-state index is 0.770. The molecule has 0 spiro atoms. The molecule has 0 bridgehead atoms. The number of benzene rings is 1. The second-order valence-corrected chi connectivity index (χ2v) is 4.70. The van der Waals surface area contributed by atoms with E-state index in [-0.39, 0.29) is 0 Å². The Hall–Kier alpha value is -0.610. The number of aryl methyl sites for hydroxylation is 1. The molecule has 0 saturated heterocycles. The second-order valence-electron chi connectivity index (χ2n) is 4.32. The maximum atomic E-state index is 6.22. The average Bonchev–Trinajstić information content (AvgIpc) is 2.37. The Morgan fingerprint density at radius 3 is 2.72 bits per heavy atom. The SMILES string of the molecule is COCCNCCCNCc1cccc(C)c1Cl. The molecule has 0 aliphatic carbocycles. The van der Waals surface area contributed by atoms with E-state index in [2.05, 4.69) is 16.7 Å². The lowest BCUT2D eigenvalue weighted by molar-refractivity contribution is 0.199. The Kier molecular flexibility index (Phi) is 8.01. The van der Waals surface area contributed by atoms with Crippen molar-refractivity contribution in [2.75, 3.05) is 33.4 Å². The Balaban J connectivity index is 2.09. The number of methoxy groups -OCH3 is 1. The van der Waals surface area contributed by atoms with E-state index in [0.717, 1.165) is 49.8 Å². The summed E-state index contributed by atoms with van der Waals surface area (Å²) in [6.07, 6.45) is 1.10. The minimum absolute atomic E-state index is 0.770. The van der Waals surface area contributed by atoms with Crippen LogP contribution in [0.25, 0.3) is 0 Å². The van der Waals surface area contributed by atoms with Crippen molar-refractivity contribution < 1.29 is 4.74 Å². The van der Waals surface area contributed by atoms with Crippen molar-refractivity contribution in [3.8, 4) is 0 Å². The molecule has 102 valence electrons. The van der Waals surface area contributed by atoms with Gasteiger partial charge in [-0.25, -0.2) is 0 Å². The van der Waals surface area contributed by atoms with Crippen molar-refractivity contribution in [3.63, 3.8) is 0 Å². The van der Waals surface area contributed by atoms with Crippen LogP contribution in [0.3, 0.4) is 0 Å². The zero-order valence-electron chi connectivity index (χ0n) is 11.3. The molecule has 0 aliphatic rings. The van der Waals surface area contributed by atoms with Crippen molar-refractivity contribution in [1.29, 1.82) is 0 Å². The van der Waals surface area contributed by atoms with Crippen molar-refractivity contribution >= 4 is 11.6 Å². The second kappa shape index (κ2) is 9.34. The Morgan fingerprint density at radius 2 is 1.94 bits per heavy atom. The van der Waals surface area contributed by atoms with Gasteiger partial charge in [-0.05, 0) is 37.6 Å². The first-order valence-corrected chi connectivity index (χ1v) is 6.78. The van der Waals surface area contributed by atoms with E-state index in [1.165, 1.54) is 5.56 Å². The molecule has 0 amide bonds. The van der Waals surface area contributed by atoms with Crippen LogP contribution in [0.1, 0.15) is 17.5 Å². The highest BCUT2D eigenvalue weighted by Gasteiger charge is 2.01. The van der Waals surface area contributed by atoms with Crippen LogP contribution in [0.4, 0.5) is 0 Å². The van der Waals surface area contributed by atoms with Crippen LogP contribution in [0.15, 0.2) is 18.2 Å². The van der Waals surface area contributed by atoms with Gasteiger partial charge in [0.2, 0.25) is 0 Å². The lowest BCUT2D eigenvalue weighted by atomic mass is 10.1. The van der Waals surface area contributed by atoms with Gasteiger partial charge in [0, 0.05) is 25.2 Å². The highest BCUT2D eigenvalue weighted by molar-refractivity contribution is 6.32. The fraction of sp³-hybridized carbons (Fsp3) is 0.571. The summed E-state index contributed by atoms with van der Waals surface area (Å²) in [5.74, 6) is 0. The minimum Gasteiger partial charge on any atom is -0.383 e. The molecule has 4 heteroatoms. The van der Waals surface area contributed by atoms with E-state index >= 15 is 0 Å². The van der Waals surface area contributed by atoms with Gasteiger partial charge < -0.3 is 15.4 Å². The highest BCUT2D eigenvalue weighted by atomic mass is 35.5. The third-order valence-electron chi connectivity index (χ3n) is 2.78. The van der Waals surface area contributed by atoms with Gasteiger partial charge in [-0.1, -0.05) is 29.8 Å². The summed E-state index contributed by atoms with van der Waals surface area (Å²) in [4.78, 5) is 0. The summed E-state index contributed by atoms with van der Waals surface area (Å²) in [5, 5.41) is 7.60. The summed E-state index contributed by atoms with van der Waals surface area (Å²) < 4.78 is 4.96. The molecule has 0 unspecified atom stereocenters. The maximum absolute atomic E-state index is 6.22. The number of hydrogen-bond acceptors (Lipinski definition) is 3. The molecule has 0 atom stereocenters. The number of nitrogens with one attached hydrogen (secondary N) is 2. The molecule has 1 aromatic carbocycles. The van der Waals surface area contributed by atoms with Crippen LogP contribution in [-0.4, -0.2) is 33.4 Å². The number of halogens is 1. The highest BCUT2D eigenvalue weighted by Crippen LogP contribution is 2.19. The fourth-order valence-electron chi connectivity index (χ4n) is 1.71. The number of hydrogen-bond donors (Lipinski definition) is 2. The number of rotatable bonds is 9. The molecule has 2 N–H and O–H groups in total. The zero-order valence-corrected chi connectivity index (χ0v) is 12.0. The summed E-state index contributed by atoms with van der Waals surface area (Å²) in [7, 11) is 1.72. The Morgan fingerprint density at radius 1 is 1.17 bits per heavy atom. The van der Waals surface area contributed by atoms with Crippen LogP contribution in [-0.2, 0) is 11.3 Å². The fourth-order valence-corrected chi connectivity index (χ4v) is 1.90. The van der Waals surface area contributed by atoms with Gasteiger partial charge in [0.15, 0.2) is 0 Å². The summed E-state index contributed by atoms with van der Waals surface area (Å²) >= 11 is 6.22. The molecule has 3 nitrogen and oxygen atoms in total. The lowest BCUT2D eigenvalue weighted by Gasteiger charge is -2.09. The van der Waals surface area contributed by atoms with Gasteiger partial charge in [-0.2, -0.15) is 0 Å². The third-order valence-corrected chi connectivity index (χ3v) is 3.32. The van der Waals surface area contributed by atoms with Gasteiger partial charge in [-0.3, -0.25) is 0 Å². The van der Waals surface area contributed by atoms with Crippen LogP contribution >= 0.6 is 11.6 Å². The van der Waals surface area contributed by atoms with E-state index in [0.29, 0.717) is 0 Å². The average molecular weight is 271 g/mol. The van der Waals surface area contributed by atoms with E-state index in [1.54, 1.807) is 7.11 Å². The largest absolute Gasteiger partial charge is 0.383 e. The lowest BCUT2D eigenvalue weighted by Crippen LogP contribution is -2.24. The van der Waals surface area contributed by atoms with Gasteiger partial charge in [-0.15, -0.1) is 0 Å². The van der Waals surface area contributed by atoms with Crippen LogP contribution in [0.2, 0.25) is 5.02 Å². The molecular formula is C14H23ClN2O. The van der Waals surface area contributed by atoms with Gasteiger partial charge in [0.1, 0.15) is 0 Å². The molecule has 0 saturated carbocycles. The quantitative estimate of drug-likeness (QED) is 0.676. The summed E-state index contributed by atoms with van der Waals surface area (Å²) in [6.45, 7) is 6.55. The van der Waals surface area contributed by atoms with E-state index in [1.807, 2.05) is 19.1 Å². The monoisotopic (exact) mass is 270 g/mol. The van der Waals surface area contributed by atoms with Crippen molar-refractivity contribution in [2.24, 2.45) is 0 Å². The molecule has 1 aromatic rings. The standard InChI is InChI=1S/C14H23ClN2O/c1-12-5-3-6-13(14(12)15)11-17-8-4-7-16-9-10-18-2/h3,5-6,16-17H,4,7-11H2,1-2H3. The van der Waals surface area contributed by atoms with Crippen molar-refractivity contribution in [3.05, 3.63) is 34.3 Å². The molecule has 0 radical (unpaired) electrons. The first-order chi connectivity index (χ1) is 8.75. The normalized spacial score (nSPS) is 10.8. The molecule has 1 rings (SSSR count). The molecule has 0 fully saturated rings. The molecule has 0 heterocycles. The summed E-state index contributed by atoms with van der Waals surface area (Å²) in [6, 6.07) is 6.15. The van der Waals surface area contributed by atoms with Crippen molar-refractivity contribution in [1.82, 2.24) is 10.6 Å².